The highest BCUT2D eigenvalue weighted by Gasteiger charge is 2.36. The lowest BCUT2D eigenvalue weighted by atomic mass is 9.75. The molecular weight excluding hydrogens is 188 g/mol. The molecule has 0 radical (unpaired) electrons. The molecule has 0 amide bonds. The lowest BCUT2D eigenvalue weighted by molar-refractivity contribution is -1.27. The molecular formula is C10H19ClO2. The fraction of sp³-hybridized carbons (Fsp3) is 1.00. The Labute approximate surface area is 84.7 Å². The Morgan fingerprint density at radius 2 is 1.92 bits per heavy atom. The van der Waals surface area contributed by atoms with Crippen LogP contribution in [0.5, 0.6) is 0 Å². The molecule has 13 heavy (non-hydrogen) atoms. The van der Waals surface area contributed by atoms with Gasteiger partial charge in [-0.25, -0.2) is 0 Å². The van der Waals surface area contributed by atoms with Crippen LogP contribution in [0.25, 0.3) is 0 Å². The Bertz CT molecular complexity index is 151. The van der Waals surface area contributed by atoms with Gasteiger partial charge in [-0.2, -0.15) is 0 Å². The van der Waals surface area contributed by atoms with Crippen LogP contribution >= 0.6 is 0 Å². The van der Waals surface area contributed by atoms with Crippen molar-refractivity contribution >= 4 is 0 Å². The summed E-state index contributed by atoms with van der Waals surface area (Å²) in [6.07, 6.45) is 4.43. The average molecular weight is 207 g/mol. The summed E-state index contributed by atoms with van der Waals surface area (Å²) in [5, 5.41) is 0. The second-order valence-electron chi connectivity index (χ2n) is 4.67. The van der Waals surface area contributed by atoms with E-state index < -0.39 is 0 Å². The first-order valence-electron chi connectivity index (χ1n) is 5.02. The molecule has 0 aromatic heterocycles. The molecule has 0 aliphatic heterocycles. The van der Waals surface area contributed by atoms with Crippen molar-refractivity contribution in [3.05, 3.63) is 0 Å². The van der Waals surface area contributed by atoms with Gasteiger partial charge in [0.2, 0.25) is 0 Å². The summed E-state index contributed by atoms with van der Waals surface area (Å²) in [7, 11) is 0. The molecule has 1 aliphatic rings. The molecule has 0 aromatic rings. The molecule has 0 heterocycles. The van der Waals surface area contributed by atoms with Crippen LogP contribution in [0.1, 0.15) is 46.5 Å². The molecule has 78 valence electrons. The van der Waals surface area contributed by atoms with E-state index in [1.54, 1.807) is 0 Å². The number of hydrogen-bond acceptors (Lipinski definition) is 2. The minimum absolute atomic E-state index is 0.180. The fourth-order valence-corrected chi connectivity index (χ4v) is 2.38. The minimum atomic E-state index is -0.180. The number of halogens is 1. The highest BCUT2D eigenvalue weighted by Crippen LogP contribution is 2.37. The average Bonchev–Trinajstić information content (AvgIpc) is 2.05. The van der Waals surface area contributed by atoms with E-state index in [1.807, 2.05) is 6.92 Å². The maximum atomic E-state index is 10.3. The first-order chi connectivity index (χ1) is 6.07. The zero-order valence-electron chi connectivity index (χ0n) is 8.68. The lowest BCUT2D eigenvalue weighted by Gasteiger charge is -2.34. The van der Waals surface area contributed by atoms with Crippen LogP contribution in [0.4, 0.5) is 0 Å². The summed E-state index contributed by atoms with van der Waals surface area (Å²) in [6.45, 7) is 6.58. The normalized spacial score (nSPS) is 35.3. The molecule has 3 heteroatoms. The smallest absolute Gasteiger partial charge is 0.331 e. The van der Waals surface area contributed by atoms with E-state index in [-0.39, 0.29) is 5.60 Å². The van der Waals surface area contributed by atoms with Gasteiger partial charge in [-0.1, -0.05) is 18.1 Å². The molecule has 2 nitrogen and oxygen atoms in total. The third-order valence-electron chi connectivity index (χ3n) is 3.25. The highest BCUT2D eigenvalue weighted by atomic mass is 35.6. The van der Waals surface area contributed by atoms with Crippen molar-refractivity contribution in [2.45, 2.75) is 52.1 Å². The number of hydrogen-bond donors (Lipinski definition) is 0. The van der Waals surface area contributed by atoms with Gasteiger partial charge in [-0.3, -0.25) is 0 Å². The topological polar surface area (TPSA) is 32.3 Å². The van der Waals surface area contributed by atoms with Gasteiger partial charge in [0.15, 0.2) is 0 Å². The fourth-order valence-electron chi connectivity index (χ4n) is 2.07. The second kappa shape index (κ2) is 4.63. The predicted molar refractivity (Wildman–Crippen MR) is 46.3 cm³/mol. The van der Waals surface area contributed by atoms with E-state index in [9.17, 15) is 4.66 Å². The zero-order valence-corrected chi connectivity index (χ0v) is 9.43. The lowest BCUT2D eigenvalue weighted by Crippen LogP contribution is -2.36. The maximum absolute atomic E-state index is 10.3. The van der Waals surface area contributed by atoms with Gasteiger partial charge in [-0.15, -0.1) is 0 Å². The molecule has 0 saturated heterocycles. The minimum Gasteiger partial charge on any atom is -0.506 e. The van der Waals surface area contributed by atoms with Crippen molar-refractivity contribution in [2.24, 2.45) is 11.8 Å². The van der Waals surface area contributed by atoms with Crippen LogP contribution in [0.15, 0.2) is 0 Å². The maximum Gasteiger partial charge on any atom is 0.331 e. The van der Waals surface area contributed by atoms with E-state index in [2.05, 4.69) is 13.8 Å². The van der Waals surface area contributed by atoms with E-state index in [0.717, 1.165) is 24.7 Å². The molecule has 1 rings (SSSR count). The first kappa shape index (κ1) is 11.3. The largest absolute Gasteiger partial charge is 0.506 e. The van der Waals surface area contributed by atoms with Gasteiger partial charge in [0.05, 0.1) is 0 Å². The Kier molecular flexibility index (Phi) is 4.02. The van der Waals surface area contributed by atoms with Crippen molar-refractivity contribution in [3.8, 4) is 0 Å². The van der Waals surface area contributed by atoms with Gasteiger partial charge in [0.1, 0.15) is 5.60 Å². The molecule has 1 fully saturated rings. The van der Waals surface area contributed by atoms with Gasteiger partial charge in [0, 0.05) is 0 Å². The number of rotatable bonds is 3. The van der Waals surface area contributed by atoms with E-state index in [0.29, 0.717) is 11.3 Å². The Balaban J connectivity index is 2.37. The molecule has 0 aromatic carbocycles. The van der Waals surface area contributed by atoms with Crippen LogP contribution in [0.3, 0.4) is 0 Å². The monoisotopic (exact) mass is 206 g/mol. The molecule has 1 saturated carbocycles. The Morgan fingerprint density at radius 3 is 2.31 bits per heavy atom. The quantitative estimate of drug-likeness (QED) is 0.707. The SMILES string of the molecule is CC(C)C1CCC(C)(O[Cl+][O-])CC1. The third kappa shape index (κ3) is 3.12. The second-order valence-corrected chi connectivity index (χ2v) is 4.95. The van der Waals surface area contributed by atoms with Crippen LogP contribution in [0.2, 0.25) is 0 Å². The summed E-state index contributed by atoms with van der Waals surface area (Å²) in [5.41, 5.74) is -0.180. The molecule has 0 N–H and O–H groups in total. The Morgan fingerprint density at radius 1 is 1.38 bits per heavy atom. The molecule has 0 atom stereocenters. The van der Waals surface area contributed by atoms with Crippen LogP contribution < -0.4 is 4.66 Å². The van der Waals surface area contributed by atoms with Crippen molar-refractivity contribution in [2.75, 3.05) is 0 Å². The van der Waals surface area contributed by atoms with Crippen molar-refractivity contribution in [1.82, 2.24) is 0 Å². The Hall–Kier alpha value is 0.210. The molecule has 1 aliphatic carbocycles. The van der Waals surface area contributed by atoms with E-state index in [4.69, 9.17) is 4.29 Å². The first-order valence-corrected chi connectivity index (χ1v) is 5.64. The molecule has 0 bridgehead atoms. The van der Waals surface area contributed by atoms with Gasteiger partial charge in [-0.05, 0) is 44.4 Å². The van der Waals surface area contributed by atoms with Crippen LogP contribution in [0, 0.1) is 23.2 Å². The molecule has 0 spiro atoms. The van der Waals surface area contributed by atoms with E-state index in [1.165, 1.54) is 12.8 Å². The van der Waals surface area contributed by atoms with Crippen LogP contribution in [-0.2, 0) is 4.29 Å². The summed E-state index contributed by atoms with van der Waals surface area (Å²) in [5.74, 6) is 1.58. The third-order valence-corrected chi connectivity index (χ3v) is 3.68. The van der Waals surface area contributed by atoms with Gasteiger partial charge < -0.3 is 4.66 Å². The summed E-state index contributed by atoms with van der Waals surface area (Å²) >= 11 is 0.702. The summed E-state index contributed by atoms with van der Waals surface area (Å²) in [6, 6.07) is 0. The van der Waals surface area contributed by atoms with E-state index >= 15 is 0 Å². The van der Waals surface area contributed by atoms with Crippen molar-refractivity contribution < 1.29 is 20.3 Å². The van der Waals surface area contributed by atoms with Gasteiger partial charge >= 0.3 is 11.3 Å². The standard InChI is InChI=1S/C10H19ClO2/c1-8(2)9-4-6-10(3,7-5-9)13-11-12/h8-9H,4-7H2,1-3H3. The molecule has 0 unspecified atom stereocenters. The highest BCUT2D eigenvalue weighted by molar-refractivity contribution is 4.83. The zero-order chi connectivity index (χ0) is 9.90. The van der Waals surface area contributed by atoms with Crippen molar-refractivity contribution in [1.29, 1.82) is 0 Å². The summed E-state index contributed by atoms with van der Waals surface area (Å²) in [4.78, 5) is 0. The van der Waals surface area contributed by atoms with Crippen LogP contribution in [-0.4, -0.2) is 5.60 Å². The summed E-state index contributed by atoms with van der Waals surface area (Å²) < 4.78 is 15.4. The van der Waals surface area contributed by atoms with Gasteiger partial charge in [0.25, 0.3) is 0 Å². The van der Waals surface area contributed by atoms with Crippen molar-refractivity contribution in [3.63, 3.8) is 0 Å². The predicted octanol–water partition coefficient (Wildman–Crippen LogP) is 1.88.